The second-order valence-electron chi connectivity index (χ2n) is 5.84. The van der Waals surface area contributed by atoms with E-state index in [-0.39, 0.29) is 12.5 Å². The van der Waals surface area contributed by atoms with E-state index < -0.39 is 0 Å². The second-order valence-corrected chi connectivity index (χ2v) is 6.90. The molecule has 0 unspecified atom stereocenters. The quantitative estimate of drug-likeness (QED) is 0.623. The van der Waals surface area contributed by atoms with Crippen LogP contribution in [0.4, 0.5) is 5.69 Å². The minimum Gasteiger partial charge on any atom is -0.380 e. The first-order chi connectivity index (χ1) is 12.6. The number of nitrogens with zero attached hydrogens (tertiary/aromatic N) is 2. The van der Waals surface area contributed by atoms with Crippen molar-refractivity contribution in [1.29, 1.82) is 0 Å². The first kappa shape index (κ1) is 18.0. The molecule has 134 valence electrons. The Balaban J connectivity index is 1.63. The number of aromatic nitrogens is 2. The van der Waals surface area contributed by atoms with Crippen LogP contribution in [0, 0.1) is 13.8 Å². The first-order valence-electron chi connectivity index (χ1n) is 8.18. The number of carbonyl (C=O) groups is 1. The van der Waals surface area contributed by atoms with Crippen LogP contribution in [-0.4, -0.2) is 15.9 Å². The molecular weight excluding hydrogens is 348 g/mol. The third-order valence-electron chi connectivity index (χ3n) is 3.70. The minimum absolute atomic E-state index is 0.238. The number of pyridine rings is 1. The molecule has 0 aliphatic carbocycles. The highest BCUT2D eigenvalue weighted by Gasteiger charge is 2.12. The Hall–Kier alpha value is -2.77. The lowest BCUT2D eigenvalue weighted by Crippen LogP contribution is -2.24. The summed E-state index contributed by atoms with van der Waals surface area (Å²) in [5.74, 6) is -0.294. The van der Waals surface area contributed by atoms with Gasteiger partial charge >= 0.3 is 0 Å². The highest BCUT2D eigenvalue weighted by molar-refractivity contribution is 7.09. The fourth-order valence-corrected chi connectivity index (χ4v) is 3.00. The monoisotopic (exact) mass is 368 g/mol. The van der Waals surface area contributed by atoms with E-state index in [1.807, 2.05) is 49.6 Å². The molecule has 26 heavy (non-hydrogen) atoms. The molecular formula is C19H20N4O2S. The molecule has 2 aromatic heterocycles. The predicted octanol–water partition coefficient (Wildman–Crippen LogP) is 3.63. The van der Waals surface area contributed by atoms with Gasteiger partial charge in [-0.3, -0.25) is 14.6 Å². The van der Waals surface area contributed by atoms with Crippen molar-refractivity contribution in [2.45, 2.75) is 27.0 Å². The summed E-state index contributed by atoms with van der Waals surface area (Å²) in [6.45, 7) is 4.72. The zero-order chi connectivity index (χ0) is 18.4. The zero-order valence-corrected chi connectivity index (χ0v) is 15.5. The topological polar surface area (TPSA) is 76.1 Å². The Morgan fingerprint density at radius 3 is 2.73 bits per heavy atom. The number of benzene rings is 1. The molecule has 0 fully saturated rings. The number of rotatable bonds is 7. The van der Waals surface area contributed by atoms with Gasteiger partial charge in [0.05, 0.1) is 16.3 Å². The van der Waals surface area contributed by atoms with E-state index in [2.05, 4.69) is 20.8 Å². The summed E-state index contributed by atoms with van der Waals surface area (Å²) in [4.78, 5) is 26.1. The molecule has 0 spiro atoms. The van der Waals surface area contributed by atoms with Crippen LogP contribution in [0.25, 0.3) is 0 Å². The van der Waals surface area contributed by atoms with Crippen LogP contribution in [0.1, 0.15) is 32.2 Å². The van der Waals surface area contributed by atoms with Gasteiger partial charge in [-0.1, -0.05) is 11.6 Å². The van der Waals surface area contributed by atoms with Crippen molar-refractivity contribution in [1.82, 2.24) is 15.4 Å². The van der Waals surface area contributed by atoms with Gasteiger partial charge in [0.15, 0.2) is 0 Å². The average molecular weight is 368 g/mol. The largest absolute Gasteiger partial charge is 0.380 e. The molecule has 2 N–H and O–H groups in total. The highest BCUT2D eigenvalue weighted by Crippen LogP contribution is 2.18. The molecule has 0 aliphatic rings. The number of thiazole rings is 1. The summed E-state index contributed by atoms with van der Waals surface area (Å²) in [6, 6.07) is 9.56. The lowest BCUT2D eigenvalue weighted by Gasteiger charge is -2.13. The van der Waals surface area contributed by atoms with Crippen molar-refractivity contribution in [3.8, 4) is 0 Å². The molecule has 0 atom stereocenters. The van der Waals surface area contributed by atoms with E-state index in [0.717, 1.165) is 27.5 Å². The molecule has 0 aliphatic heterocycles. The van der Waals surface area contributed by atoms with Crippen LogP contribution >= 0.6 is 11.3 Å². The molecule has 2 heterocycles. The van der Waals surface area contributed by atoms with Crippen LogP contribution in [-0.2, 0) is 18.0 Å². The highest BCUT2D eigenvalue weighted by atomic mass is 32.1. The molecule has 3 rings (SSSR count). The van der Waals surface area contributed by atoms with Gasteiger partial charge in [0.2, 0.25) is 0 Å². The Bertz CT molecular complexity index is 880. The van der Waals surface area contributed by atoms with Crippen molar-refractivity contribution in [2.75, 3.05) is 5.32 Å². The fraction of sp³-hybridized carbons (Fsp3) is 0.211. The Kier molecular flexibility index (Phi) is 5.93. The van der Waals surface area contributed by atoms with Crippen LogP contribution in [0.15, 0.2) is 48.1 Å². The number of hydrogen-bond donors (Lipinski definition) is 2. The number of carbonyl (C=O) groups excluding carboxylic acids is 1. The van der Waals surface area contributed by atoms with E-state index >= 15 is 0 Å². The van der Waals surface area contributed by atoms with Gasteiger partial charge in [0, 0.05) is 30.0 Å². The van der Waals surface area contributed by atoms with E-state index in [0.29, 0.717) is 12.1 Å². The third kappa shape index (κ3) is 4.87. The number of aryl methyl sites for hydroxylation is 2. The van der Waals surface area contributed by atoms with Gasteiger partial charge in [-0.25, -0.2) is 10.5 Å². The predicted molar refractivity (Wildman–Crippen MR) is 102 cm³/mol. The Morgan fingerprint density at radius 1 is 1.19 bits per heavy atom. The van der Waals surface area contributed by atoms with Gasteiger partial charge in [0.25, 0.3) is 5.91 Å². The number of anilines is 1. The van der Waals surface area contributed by atoms with E-state index in [1.165, 1.54) is 0 Å². The fourth-order valence-electron chi connectivity index (χ4n) is 2.40. The Labute approximate surface area is 156 Å². The van der Waals surface area contributed by atoms with Crippen molar-refractivity contribution in [3.05, 3.63) is 75.5 Å². The summed E-state index contributed by atoms with van der Waals surface area (Å²) in [7, 11) is 0. The molecule has 0 saturated heterocycles. The smallest absolute Gasteiger partial charge is 0.276 e. The van der Waals surface area contributed by atoms with Gasteiger partial charge in [0.1, 0.15) is 6.61 Å². The maximum atomic E-state index is 12.5. The van der Waals surface area contributed by atoms with Crippen LogP contribution in [0.3, 0.4) is 0 Å². The molecule has 6 nitrogen and oxygen atoms in total. The maximum absolute atomic E-state index is 12.5. The van der Waals surface area contributed by atoms with E-state index in [4.69, 9.17) is 4.84 Å². The normalized spacial score (nSPS) is 10.5. The number of hydroxylamine groups is 1. The summed E-state index contributed by atoms with van der Waals surface area (Å²) in [5, 5.41) is 6.18. The second kappa shape index (κ2) is 8.55. The van der Waals surface area contributed by atoms with Crippen molar-refractivity contribution >= 4 is 22.9 Å². The first-order valence-corrected chi connectivity index (χ1v) is 9.06. The molecule has 0 bridgehead atoms. The third-order valence-corrected chi connectivity index (χ3v) is 4.53. The van der Waals surface area contributed by atoms with Crippen LogP contribution in [0.2, 0.25) is 0 Å². The van der Waals surface area contributed by atoms with Gasteiger partial charge in [-0.15, -0.1) is 11.3 Å². The molecule has 1 aromatic carbocycles. The van der Waals surface area contributed by atoms with Crippen molar-refractivity contribution < 1.29 is 9.63 Å². The van der Waals surface area contributed by atoms with Crippen molar-refractivity contribution in [3.63, 3.8) is 0 Å². The lowest BCUT2D eigenvalue weighted by atomic mass is 10.1. The molecule has 7 heteroatoms. The standard InChI is InChI=1S/C19H20N4O2S/c1-13-3-4-18(21-10-15-5-7-20-8-6-15)17(9-13)19(24)23-25-11-16-12-26-14(2)22-16/h3-9,12,21H,10-11H2,1-2H3,(H,23,24). The van der Waals surface area contributed by atoms with Crippen molar-refractivity contribution in [2.24, 2.45) is 0 Å². The average Bonchev–Trinajstić information content (AvgIpc) is 3.06. The van der Waals surface area contributed by atoms with E-state index in [9.17, 15) is 4.79 Å². The zero-order valence-electron chi connectivity index (χ0n) is 14.7. The van der Waals surface area contributed by atoms with Gasteiger partial charge < -0.3 is 5.32 Å². The van der Waals surface area contributed by atoms with Gasteiger partial charge in [-0.2, -0.15) is 0 Å². The number of hydrogen-bond acceptors (Lipinski definition) is 6. The Morgan fingerprint density at radius 2 is 2.00 bits per heavy atom. The van der Waals surface area contributed by atoms with Gasteiger partial charge in [-0.05, 0) is 43.7 Å². The lowest BCUT2D eigenvalue weighted by molar-refractivity contribution is 0.0224. The summed E-state index contributed by atoms with van der Waals surface area (Å²) in [6.07, 6.45) is 3.49. The summed E-state index contributed by atoms with van der Waals surface area (Å²) >= 11 is 1.55. The SMILES string of the molecule is Cc1ccc(NCc2ccncc2)c(C(=O)NOCc2csc(C)n2)c1. The molecule has 3 aromatic rings. The number of amides is 1. The number of nitrogens with one attached hydrogen (secondary N) is 2. The summed E-state index contributed by atoms with van der Waals surface area (Å²) < 4.78 is 0. The maximum Gasteiger partial charge on any atom is 0.276 e. The van der Waals surface area contributed by atoms with E-state index in [1.54, 1.807) is 23.7 Å². The minimum atomic E-state index is -0.294. The molecule has 0 saturated carbocycles. The summed E-state index contributed by atoms with van der Waals surface area (Å²) in [5.41, 5.74) is 6.67. The molecule has 1 amide bonds. The molecule has 0 radical (unpaired) electrons. The van der Waals surface area contributed by atoms with Crippen LogP contribution < -0.4 is 10.8 Å². The van der Waals surface area contributed by atoms with Crippen LogP contribution in [0.5, 0.6) is 0 Å².